The Kier molecular flexibility index (Phi) is 8.26. The molecule has 0 aromatic heterocycles. The topological polar surface area (TPSA) is 114 Å². The van der Waals surface area contributed by atoms with Crippen molar-refractivity contribution in [1.82, 2.24) is 15.5 Å². The molecule has 0 spiro atoms. The van der Waals surface area contributed by atoms with E-state index < -0.39 is 23.4 Å². The fraction of sp³-hybridized carbons (Fsp3) is 0.526. The highest BCUT2D eigenvalue weighted by Crippen LogP contribution is 2.29. The molecule has 4 amide bonds. The molecule has 1 fully saturated rings. The molecule has 2 atom stereocenters. The fourth-order valence-electron chi connectivity index (χ4n) is 3.16. The molecule has 1 heterocycles. The summed E-state index contributed by atoms with van der Waals surface area (Å²) in [5.74, 6) is 0.136. The molecule has 1 saturated heterocycles. The molecule has 8 nitrogen and oxygen atoms in total. The molecule has 156 valence electrons. The zero-order chi connectivity index (χ0) is 20.2. The number of halogens is 1. The Bertz CT molecular complexity index is 710. The maximum absolute atomic E-state index is 12.9. The van der Waals surface area contributed by atoms with Crippen LogP contribution in [0.25, 0.3) is 0 Å². The van der Waals surface area contributed by atoms with Crippen molar-refractivity contribution >= 4 is 30.3 Å². The SMILES string of the molecule is COc1ccc(C2(C)NC(=O)N(CC(=O)NC(CN)CC(C)C)C2=O)cc1.Cl. The van der Waals surface area contributed by atoms with Gasteiger partial charge in [0.25, 0.3) is 5.91 Å². The van der Waals surface area contributed by atoms with Gasteiger partial charge in [0.1, 0.15) is 17.8 Å². The number of ether oxygens (including phenoxy) is 1. The lowest BCUT2D eigenvalue weighted by molar-refractivity contribution is -0.135. The van der Waals surface area contributed by atoms with E-state index in [2.05, 4.69) is 10.6 Å². The minimum absolute atomic E-state index is 0. The first-order valence-corrected chi connectivity index (χ1v) is 8.99. The van der Waals surface area contributed by atoms with Gasteiger partial charge in [-0.1, -0.05) is 26.0 Å². The van der Waals surface area contributed by atoms with E-state index in [0.29, 0.717) is 23.8 Å². The summed E-state index contributed by atoms with van der Waals surface area (Å²) in [6, 6.07) is 6.08. The van der Waals surface area contributed by atoms with E-state index in [1.165, 1.54) is 0 Å². The molecule has 1 aliphatic rings. The van der Waals surface area contributed by atoms with Crippen LogP contribution >= 0.6 is 12.4 Å². The standard InChI is InChI=1S/C19H28N4O4.ClH/c1-12(2)9-14(10-20)21-16(24)11-23-17(25)19(3,22-18(23)26)13-5-7-15(27-4)8-6-13;/h5-8,12,14H,9-11,20H2,1-4H3,(H,21,24)(H,22,26);1H. The quantitative estimate of drug-likeness (QED) is 0.558. The molecule has 1 aromatic rings. The summed E-state index contributed by atoms with van der Waals surface area (Å²) in [5, 5.41) is 5.47. The van der Waals surface area contributed by atoms with Gasteiger partial charge >= 0.3 is 6.03 Å². The lowest BCUT2D eigenvalue weighted by Gasteiger charge is -2.23. The Labute approximate surface area is 171 Å². The highest BCUT2D eigenvalue weighted by Gasteiger charge is 2.49. The molecule has 28 heavy (non-hydrogen) atoms. The number of hydrogen-bond donors (Lipinski definition) is 3. The van der Waals surface area contributed by atoms with Gasteiger partial charge in [-0.25, -0.2) is 4.79 Å². The Morgan fingerprint density at radius 3 is 2.39 bits per heavy atom. The second-order valence-corrected chi connectivity index (χ2v) is 7.30. The number of nitrogens with one attached hydrogen (secondary N) is 2. The van der Waals surface area contributed by atoms with Crippen molar-refractivity contribution in [2.45, 2.75) is 38.8 Å². The second-order valence-electron chi connectivity index (χ2n) is 7.30. The molecular weight excluding hydrogens is 384 g/mol. The summed E-state index contributed by atoms with van der Waals surface area (Å²) in [7, 11) is 1.55. The zero-order valence-electron chi connectivity index (χ0n) is 16.7. The van der Waals surface area contributed by atoms with Crippen LogP contribution in [0.2, 0.25) is 0 Å². The Morgan fingerprint density at radius 2 is 1.89 bits per heavy atom. The minimum atomic E-state index is -1.23. The van der Waals surface area contributed by atoms with Gasteiger partial charge in [0.15, 0.2) is 0 Å². The number of imide groups is 1. The summed E-state index contributed by atoms with van der Waals surface area (Å²) in [5.41, 5.74) is 5.08. The molecule has 2 rings (SSSR count). The number of hydrogen-bond acceptors (Lipinski definition) is 5. The van der Waals surface area contributed by atoms with Crippen LogP contribution in [0.1, 0.15) is 32.8 Å². The first-order chi connectivity index (χ1) is 12.7. The fourth-order valence-corrected chi connectivity index (χ4v) is 3.16. The van der Waals surface area contributed by atoms with Gasteiger partial charge in [-0.05, 0) is 37.0 Å². The number of nitrogens with two attached hydrogens (primary N) is 1. The monoisotopic (exact) mass is 412 g/mol. The van der Waals surface area contributed by atoms with E-state index in [9.17, 15) is 14.4 Å². The predicted molar refractivity (Wildman–Crippen MR) is 108 cm³/mol. The van der Waals surface area contributed by atoms with E-state index in [-0.39, 0.29) is 25.0 Å². The number of benzene rings is 1. The van der Waals surface area contributed by atoms with Crippen LogP contribution in [0.3, 0.4) is 0 Å². The summed E-state index contributed by atoms with van der Waals surface area (Å²) in [6.07, 6.45) is 0.728. The Balaban J connectivity index is 0.00000392. The van der Waals surface area contributed by atoms with Crippen molar-refractivity contribution in [2.24, 2.45) is 11.7 Å². The van der Waals surface area contributed by atoms with Crippen LogP contribution in [-0.2, 0) is 15.1 Å². The normalized spacial score (nSPS) is 19.9. The van der Waals surface area contributed by atoms with E-state index in [0.717, 1.165) is 11.3 Å². The summed E-state index contributed by atoms with van der Waals surface area (Å²) < 4.78 is 5.12. The molecule has 0 aliphatic carbocycles. The van der Waals surface area contributed by atoms with Crippen LogP contribution in [0.5, 0.6) is 5.75 Å². The van der Waals surface area contributed by atoms with E-state index in [4.69, 9.17) is 10.5 Å². The summed E-state index contributed by atoms with van der Waals surface area (Å²) in [6.45, 7) is 5.64. The van der Waals surface area contributed by atoms with Gasteiger partial charge in [-0.2, -0.15) is 0 Å². The second kappa shape index (κ2) is 9.75. The van der Waals surface area contributed by atoms with Crippen LogP contribution in [0.15, 0.2) is 24.3 Å². The van der Waals surface area contributed by atoms with Crippen LogP contribution < -0.4 is 21.1 Å². The third-order valence-electron chi connectivity index (χ3n) is 4.65. The first kappa shape index (κ1) is 23.7. The van der Waals surface area contributed by atoms with E-state index >= 15 is 0 Å². The van der Waals surface area contributed by atoms with Gasteiger partial charge < -0.3 is 21.1 Å². The molecule has 9 heteroatoms. The molecule has 1 aromatic carbocycles. The number of carbonyl (C=O) groups excluding carboxylic acids is 3. The van der Waals surface area contributed by atoms with Crippen LogP contribution in [0, 0.1) is 5.92 Å². The van der Waals surface area contributed by atoms with Crippen LogP contribution in [-0.4, -0.2) is 49.0 Å². The Hall–Kier alpha value is -2.32. The van der Waals surface area contributed by atoms with Crippen molar-refractivity contribution in [3.63, 3.8) is 0 Å². The average molecular weight is 413 g/mol. The molecule has 1 aliphatic heterocycles. The maximum atomic E-state index is 12.9. The van der Waals surface area contributed by atoms with Crippen molar-refractivity contribution < 1.29 is 19.1 Å². The maximum Gasteiger partial charge on any atom is 0.325 e. The van der Waals surface area contributed by atoms with Gasteiger partial charge in [0, 0.05) is 12.6 Å². The average Bonchev–Trinajstić information content (AvgIpc) is 2.85. The number of amides is 4. The number of methoxy groups -OCH3 is 1. The van der Waals surface area contributed by atoms with Crippen LogP contribution in [0.4, 0.5) is 4.79 Å². The summed E-state index contributed by atoms with van der Waals surface area (Å²) >= 11 is 0. The highest BCUT2D eigenvalue weighted by atomic mass is 35.5. The molecule has 0 radical (unpaired) electrons. The number of rotatable bonds is 8. The molecule has 0 bridgehead atoms. The molecule has 4 N–H and O–H groups in total. The third kappa shape index (κ3) is 5.14. The van der Waals surface area contributed by atoms with E-state index in [1.807, 2.05) is 13.8 Å². The van der Waals surface area contributed by atoms with Gasteiger partial charge in [-0.3, -0.25) is 14.5 Å². The largest absolute Gasteiger partial charge is 0.497 e. The van der Waals surface area contributed by atoms with Crippen molar-refractivity contribution in [3.8, 4) is 5.75 Å². The molecule has 2 unspecified atom stereocenters. The van der Waals surface area contributed by atoms with Gasteiger partial charge in [-0.15, -0.1) is 12.4 Å². The lowest BCUT2D eigenvalue weighted by Crippen LogP contribution is -2.47. The van der Waals surface area contributed by atoms with Gasteiger partial charge in [0.2, 0.25) is 5.91 Å². The molecule has 0 saturated carbocycles. The lowest BCUT2D eigenvalue weighted by atomic mass is 9.92. The number of urea groups is 1. The van der Waals surface area contributed by atoms with Gasteiger partial charge in [0.05, 0.1) is 7.11 Å². The van der Waals surface area contributed by atoms with Crippen molar-refractivity contribution in [3.05, 3.63) is 29.8 Å². The number of nitrogens with zero attached hydrogens (tertiary/aromatic N) is 1. The zero-order valence-corrected chi connectivity index (χ0v) is 17.5. The smallest absolute Gasteiger partial charge is 0.325 e. The highest BCUT2D eigenvalue weighted by molar-refractivity contribution is 6.09. The summed E-state index contributed by atoms with van der Waals surface area (Å²) in [4.78, 5) is 38.4. The number of carbonyl (C=O) groups is 3. The third-order valence-corrected chi connectivity index (χ3v) is 4.65. The predicted octanol–water partition coefficient (Wildman–Crippen LogP) is 1.37. The van der Waals surface area contributed by atoms with Crippen molar-refractivity contribution in [1.29, 1.82) is 0 Å². The van der Waals surface area contributed by atoms with Crippen molar-refractivity contribution in [2.75, 3.05) is 20.2 Å². The molecular formula is C19H29ClN4O4. The minimum Gasteiger partial charge on any atom is -0.497 e. The first-order valence-electron chi connectivity index (χ1n) is 8.99. The van der Waals surface area contributed by atoms with E-state index in [1.54, 1.807) is 38.3 Å². The Morgan fingerprint density at radius 1 is 1.29 bits per heavy atom.